The predicted molar refractivity (Wildman–Crippen MR) is 124 cm³/mol. The van der Waals surface area contributed by atoms with E-state index >= 15 is 0 Å². The summed E-state index contributed by atoms with van der Waals surface area (Å²) in [5.41, 5.74) is 2.36. The third kappa shape index (κ3) is 6.14. The van der Waals surface area contributed by atoms with Crippen LogP contribution in [0.25, 0.3) is 0 Å². The minimum absolute atomic E-state index is 0.0156. The first-order valence-electron chi connectivity index (χ1n) is 11.6. The molecule has 0 saturated carbocycles. The van der Waals surface area contributed by atoms with E-state index in [1.165, 1.54) is 5.56 Å². The van der Waals surface area contributed by atoms with Crippen molar-refractivity contribution in [2.75, 3.05) is 45.8 Å². The Bertz CT molecular complexity index is 868. The Morgan fingerprint density at radius 1 is 1.00 bits per heavy atom. The van der Waals surface area contributed by atoms with Crippen LogP contribution in [0.1, 0.15) is 24.1 Å². The van der Waals surface area contributed by atoms with E-state index in [9.17, 15) is 9.59 Å². The molecule has 7 heteroatoms. The maximum atomic E-state index is 13.0. The predicted octanol–water partition coefficient (Wildman–Crippen LogP) is 1.55. The molecule has 2 amide bonds. The molecule has 1 N–H and O–H groups in total. The highest BCUT2D eigenvalue weighted by molar-refractivity contribution is 5.88. The van der Waals surface area contributed by atoms with Crippen LogP contribution in [0.15, 0.2) is 54.7 Å². The average molecular weight is 436 g/mol. The summed E-state index contributed by atoms with van der Waals surface area (Å²) in [4.78, 5) is 36.4. The Morgan fingerprint density at radius 3 is 2.53 bits per heavy atom. The van der Waals surface area contributed by atoms with Crippen LogP contribution in [0.5, 0.6) is 0 Å². The highest BCUT2D eigenvalue weighted by atomic mass is 16.2. The number of amides is 2. The van der Waals surface area contributed by atoms with E-state index in [2.05, 4.69) is 44.4 Å². The van der Waals surface area contributed by atoms with E-state index in [-0.39, 0.29) is 24.3 Å². The fourth-order valence-electron chi connectivity index (χ4n) is 4.55. The molecule has 1 atom stereocenters. The van der Waals surface area contributed by atoms with Gasteiger partial charge < -0.3 is 10.2 Å². The number of pyridine rings is 1. The van der Waals surface area contributed by atoms with Crippen LogP contribution in [-0.2, 0) is 22.6 Å². The Morgan fingerprint density at radius 2 is 1.78 bits per heavy atom. The molecule has 2 fully saturated rings. The van der Waals surface area contributed by atoms with Gasteiger partial charge in [-0.05, 0) is 37.1 Å². The molecule has 3 heterocycles. The number of carbonyl (C=O) groups excluding carboxylic acids is 2. The van der Waals surface area contributed by atoms with Crippen molar-refractivity contribution in [2.24, 2.45) is 0 Å². The smallest absolute Gasteiger partial charge is 0.237 e. The number of hydrogen-bond donors (Lipinski definition) is 1. The second-order valence-electron chi connectivity index (χ2n) is 8.61. The molecule has 2 saturated heterocycles. The molecule has 0 unspecified atom stereocenters. The SMILES string of the molecule is O=C1NCCN(CCCc2ccccc2)[C@H]1CC(=O)N1CCN(Cc2ccccn2)CC1. The first kappa shape index (κ1) is 22.4. The van der Waals surface area contributed by atoms with E-state index in [1.54, 1.807) is 0 Å². The fraction of sp³-hybridized carbons (Fsp3) is 0.480. The largest absolute Gasteiger partial charge is 0.353 e. The van der Waals surface area contributed by atoms with Crippen LogP contribution in [0.4, 0.5) is 0 Å². The van der Waals surface area contributed by atoms with Gasteiger partial charge in [-0.3, -0.25) is 24.4 Å². The molecule has 2 aromatic rings. The van der Waals surface area contributed by atoms with Gasteiger partial charge in [0.1, 0.15) is 0 Å². The van der Waals surface area contributed by atoms with Crippen molar-refractivity contribution in [1.82, 2.24) is 25.0 Å². The quantitative estimate of drug-likeness (QED) is 0.681. The molecule has 0 spiro atoms. The maximum absolute atomic E-state index is 13.0. The van der Waals surface area contributed by atoms with Crippen LogP contribution < -0.4 is 5.32 Å². The lowest BCUT2D eigenvalue weighted by atomic mass is 10.1. The van der Waals surface area contributed by atoms with Gasteiger partial charge in [0.15, 0.2) is 0 Å². The van der Waals surface area contributed by atoms with Crippen molar-refractivity contribution in [3.05, 3.63) is 66.0 Å². The van der Waals surface area contributed by atoms with Crippen molar-refractivity contribution in [2.45, 2.75) is 31.8 Å². The van der Waals surface area contributed by atoms with Crippen molar-refractivity contribution in [3.8, 4) is 0 Å². The normalized spacial score (nSPS) is 20.2. The summed E-state index contributed by atoms with van der Waals surface area (Å²) in [6.45, 7) is 6.17. The Hall–Kier alpha value is -2.77. The number of hydrogen-bond acceptors (Lipinski definition) is 5. The maximum Gasteiger partial charge on any atom is 0.237 e. The zero-order valence-corrected chi connectivity index (χ0v) is 18.7. The Kier molecular flexibility index (Phi) is 7.85. The Labute approximate surface area is 190 Å². The third-order valence-electron chi connectivity index (χ3n) is 6.40. The lowest BCUT2D eigenvalue weighted by molar-refractivity contribution is -0.140. The van der Waals surface area contributed by atoms with Gasteiger partial charge in [0.2, 0.25) is 11.8 Å². The van der Waals surface area contributed by atoms with Crippen molar-refractivity contribution >= 4 is 11.8 Å². The van der Waals surface area contributed by atoms with Crippen LogP contribution in [0.2, 0.25) is 0 Å². The summed E-state index contributed by atoms with van der Waals surface area (Å²) in [5, 5.41) is 2.95. The van der Waals surface area contributed by atoms with Gasteiger partial charge in [0.25, 0.3) is 0 Å². The standard InChI is InChI=1S/C25H33N5O2/c31-24(30-17-15-28(16-18-30)20-22-10-4-5-11-26-22)19-23-25(32)27-12-14-29(23)13-6-9-21-7-2-1-3-8-21/h1-5,7-8,10-11,23H,6,9,12-20H2,(H,27,32)/t23-/m0/s1. The zero-order chi connectivity index (χ0) is 22.2. The molecule has 1 aromatic carbocycles. The van der Waals surface area contributed by atoms with Crippen LogP contribution in [-0.4, -0.2) is 83.4 Å². The molecule has 1 aromatic heterocycles. The van der Waals surface area contributed by atoms with Crippen molar-refractivity contribution in [3.63, 3.8) is 0 Å². The number of aromatic nitrogens is 1. The molecule has 7 nitrogen and oxygen atoms in total. The van der Waals surface area contributed by atoms with E-state index in [0.717, 1.165) is 51.3 Å². The number of aryl methyl sites for hydroxylation is 1. The second-order valence-corrected chi connectivity index (χ2v) is 8.61. The van der Waals surface area contributed by atoms with Gasteiger partial charge in [-0.25, -0.2) is 0 Å². The third-order valence-corrected chi connectivity index (χ3v) is 6.40. The molecule has 170 valence electrons. The first-order valence-corrected chi connectivity index (χ1v) is 11.6. The van der Waals surface area contributed by atoms with E-state index in [4.69, 9.17) is 0 Å². The van der Waals surface area contributed by atoms with Gasteiger partial charge in [-0.2, -0.15) is 0 Å². The highest BCUT2D eigenvalue weighted by Gasteiger charge is 2.33. The first-order chi connectivity index (χ1) is 15.7. The number of carbonyl (C=O) groups is 2. The van der Waals surface area contributed by atoms with E-state index < -0.39 is 0 Å². The van der Waals surface area contributed by atoms with Crippen molar-refractivity contribution in [1.29, 1.82) is 0 Å². The van der Waals surface area contributed by atoms with Gasteiger partial charge in [-0.1, -0.05) is 36.4 Å². The molecule has 0 bridgehead atoms. The Balaban J connectivity index is 1.25. The van der Waals surface area contributed by atoms with Gasteiger partial charge in [0.05, 0.1) is 18.2 Å². The number of rotatable bonds is 8. The number of nitrogens with zero attached hydrogens (tertiary/aromatic N) is 4. The second kappa shape index (κ2) is 11.2. The summed E-state index contributed by atoms with van der Waals surface area (Å²) < 4.78 is 0. The summed E-state index contributed by atoms with van der Waals surface area (Å²) in [7, 11) is 0. The molecule has 32 heavy (non-hydrogen) atoms. The molecule has 2 aliphatic heterocycles. The topological polar surface area (TPSA) is 68.8 Å². The summed E-state index contributed by atoms with van der Waals surface area (Å²) in [6.07, 6.45) is 4.04. The molecule has 0 radical (unpaired) electrons. The molecular formula is C25H33N5O2. The highest BCUT2D eigenvalue weighted by Crippen LogP contribution is 2.15. The number of benzene rings is 1. The van der Waals surface area contributed by atoms with Crippen molar-refractivity contribution < 1.29 is 9.59 Å². The van der Waals surface area contributed by atoms with Crippen LogP contribution >= 0.6 is 0 Å². The summed E-state index contributed by atoms with van der Waals surface area (Å²) in [6, 6.07) is 16.0. The lowest BCUT2D eigenvalue weighted by Gasteiger charge is -2.38. The fourth-order valence-corrected chi connectivity index (χ4v) is 4.55. The van der Waals surface area contributed by atoms with Crippen LogP contribution in [0.3, 0.4) is 0 Å². The molecule has 0 aliphatic carbocycles. The minimum atomic E-state index is -0.362. The molecular weight excluding hydrogens is 402 g/mol. The molecule has 4 rings (SSSR count). The summed E-state index contributed by atoms with van der Waals surface area (Å²) >= 11 is 0. The van der Waals surface area contributed by atoms with Gasteiger partial charge in [0, 0.05) is 52.0 Å². The van der Waals surface area contributed by atoms with Gasteiger partial charge in [-0.15, -0.1) is 0 Å². The number of piperazine rings is 2. The lowest BCUT2D eigenvalue weighted by Crippen LogP contribution is -2.57. The summed E-state index contributed by atoms with van der Waals surface area (Å²) in [5.74, 6) is 0.0655. The molecule has 2 aliphatic rings. The number of nitrogens with one attached hydrogen (secondary N) is 1. The van der Waals surface area contributed by atoms with Gasteiger partial charge >= 0.3 is 0 Å². The average Bonchev–Trinajstić information content (AvgIpc) is 2.83. The minimum Gasteiger partial charge on any atom is -0.353 e. The van der Waals surface area contributed by atoms with Crippen LogP contribution in [0, 0.1) is 0 Å². The monoisotopic (exact) mass is 435 g/mol. The van der Waals surface area contributed by atoms with E-state index in [1.807, 2.05) is 35.4 Å². The zero-order valence-electron chi connectivity index (χ0n) is 18.7. The van der Waals surface area contributed by atoms with E-state index in [0.29, 0.717) is 19.6 Å².